The predicted octanol–water partition coefficient (Wildman–Crippen LogP) is 3.58. The van der Waals surface area contributed by atoms with Crippen LogP contribution in [0, 0.1) is 19.7 Å². The lowest BCUT2D eigenvalue weighted by Crippen LogP contribution is -2.39. The van der Waals surface area contributed by atoms with Gasteiger partial charge in [0.2, 0.25) is 5.82 Å². The molecule has 0 aliphatic heterocycles. The van der Waals surface area contributed by atoms with Crippen molar-refractivity contribution >= 4 is 13.6 Å². The monoisotopic (exact) mass is 509 g/mol. The SMILES string of the molecule is Cc1cc(-c2nc(-c3cc(F)c(OC[C@H](N)[C@@H](C)OP(=O)(O)O)cc3C)no2)cc(NC(C)C)n1. The molecule has 0 aliphatic carbocycles. The highest BCUT2D eigenvalue weighted by Crippen LogP contribution is 2.38. The van der Waals surface area contributed by atoms with Crippen molar-refractivity contribution in [3.63, 3.8) is 0 Å². The fourth-order valence-electron chi connectivity index (χ4n) is 3.23. The first-order chi connectivity index (χ1) is 16.3. The summed E-state index contributed by atoms with van der Waals surface area (Å²) >= 11 is 0. The van der Waals surface area contributed by atoms with Gasteiger partial charge in [-0.25, -0.2) is 13.9 Å². The fourth-order valence-corrected chi connectivity index (χ4v) is 3.82. The standard InChI is InChI=1S/C22H29FN5O6P/c1-11(2)25-20-8-15(7-13(4)26-20)22-27-21(28-33-22)16-9-17(23)19(6-12(16)3)32-10-18(24)14(5)34-35(29,30)31/h6-9,11,14,18H,10,24H2,1-5H3,(H,25,26)(H2,29,30,31)/t14-,18+/m1/s1. The molecule has 0 unspecified atom stereocenters. The number of phosphoric ester groups is 1. The lowest BCUT2D eigenvalue weighted by Gasteiger charge is -2.21. The number of aryl methyl sites for hydroxylation is 2. The van der Waals surface area contributed by atoms with Gasteiger partial charge in [0.05, 0.1) is 12.1 Å². The first-order valence-electron chi connectivity index (χ1n) is 10.8. The van der Waals surface area contributed by atoms with Crippen LogP contribution < -0.4 is 15.8 Å². The van der Waals surface area contributed by atoms with Crippen molar-refractivity contribution in [3.8, 4) is 28.6 Å². The second-order valence-corrected chi connectivity index (χ2v) is 9.67. The molecule has 0 fully saturated rings. The number of nitrogens with zero attached hydrogens (tertiary/aromatic N) is 3. The smallest absolute Gasteiger partial charge is 0.469 e. The molecule has 2 heterocycles. The van der Waals surface area contributed by atoms with E-state index >= 15 is 0 Å². The molecule has 2 atom stereocenters. The summed E-state index contributed by atoms with van der Waals surface area (Å²) in [7, 11) is -4.70. The minimum absolute atomic E-state index is 0.0806. The Morgan fingerprint density at radius 1 is 1.17 bits per heavy atom. The molecule has 0 aliphatic rings. The zero-order valence-electron chi connectivity index (χ0n) is 20.0. The molecule has 0 bridgehead atoms. The van der Waals surface area contributed by atoms with E-state index in [-0.39, 0.29) is 30.1 Å². The Morgan fingerprint density at radius 2 is 1.89 bits per heavy atom. The summed E-state index contributed by atoms with van der Waals surface area (Å²) in [6, 6.07) is 5.59. The Labute approximate surface area is 202 Å². The van der Waals surface area contributed by atoms with Gasteiger partial charge in [-0.3, -0.25) is 4.52 Å². The molecule has 3 rings (SSSR count). The number of aromatic nitrogens is 3. The minimum Gasteiger partial charge on any atom is -0.489 e. The van der Waals surface area contributed by atoms with Crippen molar-refractivity contribution in [2.75, 3.05) is 11.9 Å². The largest absolute Gasteiger partial charge is 0.489 e. The van der Waals surface area contributed by atoms with E-state index in [4.69, 9.17) is 24.8 Å². The van der Waals surface area contributed by atoms with Crippen molar-refractivity contribution in [2.24, 2.45) is 5.73 Å². The average Bonchev–Trinajstić information content (AvgIpc) is 3.21. The van der Waals surface area contributed by atoms with Gasteiger partial charge in [-0.05, 0) is 64.4 Å². The molecule has 2 aromatic heterocycles. The summed E-state index contributed by atoms with van der Waals surface area (Å²) in [5, 5.41) is 7.24. The van der Waals surface area contributed by atoms with Gasteiger partial charge in [0, 0.05) is 22.9 Å². The number of nitrogens with two attached hydrogens (primary N) is 1. The number of ether oxygens (including phenoxy) is 1. The Morgan fingerprint density at radius 3 is 2.54 bits per heavy atom. The third-order valence-corrected chi connectivity index (χ3v) is 5.53. The van der Waals surface area contributed by atoms with Crippen LogP contribution in [-0.4, -0.2) is 49.7 Å². The number of benzene rings is 1. The number of rotatable bonds is 10. The molecule has 190 valence electrons. The van der Waals surface area contributed by atoms with Crippen LogP contribution in [0.2, 0.25) is 0 Å². The van der Waals surface area contributed by atoms with Gasteiger partial charge in [-0.2, -0.15) is 4.98 Å². The van der Waals surface area contributed by atoms with Gasteiger partial charge in [0.15, 0.2) is 11.6 Å². The normalized spacial score (nSPS) is 13.7. The quantitative estimate of drug-likeness (QED) is 0.295. The molecule has 0 saturated heterocycles. The number of pyridine rings is 1. The second kappa shape index (κ2) is 10.8. The molecule has 3 aromatic rings. The molecule has 0 spiro atoms. The molecular weight excluding hydrogens is 480 g/mol. The molecule has 1 aromatic carbocycles. The summed E-state index contributed by atoms with van der Waals surface area (Å²) < 4.78 is 41.1. The molecule has 11 nitrogen and oxygen atoms in total. The maximum Gasteiger partial charge on any atom is 0.469 e. The number of hydrogen-bond acceptors (Lipinski definition) is 9. The van der Waals surface area contributed by atoms with Crippen LogP contribution in [0.4, 0.5) is 10.2 Å². The minimum atomic E-state index is -4.70. The van der Waals surface area contributed by atoms with E-state index < -0.39 is 25.8 Å². The summed E-state index contributed by atoms with van der Waals surface area (Å²) in [5.74, 6) is 0.384. The number of anilines is 1. The summed E-state index contributed by atoms with van der Waals surface area (Å²) in [5.41, 5.74) is 8.32. The van der Waals surface area contributed by atoms with Crippen molar-refractivity contribution in [1.82, 2.24) is 15.1 Å². The Hall–Kier alpha value is -2.89. The molecule has 0 radical (unpaired) electrons. The first-order valence-corrected chi connectivity index (χ1v) is 12.4. The maximum atomic E-state index is 14.8. The summed E-state index contributed by atoms with van der Waals surface area (Å²) in [6.07, 6.45) is -1.01. The zero-order valence-corrected chi connectivity index (χ0v) is 20.9. The van der Waals surface area contributed by atoms with Crippen LogP contribution in [0.3, 0.4) is 0 Å². The van der Waals surface area contributed by atoms with Crippen LogP contribution in [0.5, 0.6) is 5.75 Å². The van der Waals surface area contributed by atoms with Crippen molar-refractivity contribution in [2.45, 2.75) is 52.8 Å². The third-order valence-electron chi connectivity index (χ3n) is 4.92. The second-order valence-electron chi connectivity index (χ2n) is 8.48. The molecule has 0 amide bonds. The highest BCUT2D eigenvalue weighted by atomic mass is 31.2. The molecule has 0 saturated carbocycles. The summed E-state index contributed by atoms with van der Waals surface area (Å²) in [6.45, 7) is 8.76. The van der Waals surface area contributed by atoms with Gasteiger partial charge in [-0.1, -0.05) is 5.16 Å². The van der Waals surface area contributed by atoms with Crippen LogP contribution in [-0.2, 0) is 9.09 Å². The van der Waals surface area contributed by atoms with Gasteiger partial charge in [0.1, 0.15) is 12.4 Å². The summed E-state index contributed by atoms with van der Waals surface area (Å²) in [4.78, 5) is 26.6. The van der Waals surface area contributed by atoms with Gasteiger partial charge in [0.25, 0.3) is 5.89 Å². The van der Waals surface area contributed by atoms with E-state index in [1.807, 2.05) is 26.8 Å². The molecule has 5 N–H and O–H groups in total. The van der Waals surface area contributed by atoms with E-state index in [9.17, 15) is 8.96 Å². The van der Waals surface area contributed by atoms with E-state index in [1.165, 1.54) is 19.1 Å². The van der Waals surface area contributed by atoms with Crippen molar-refractivity contribution in [1.29, 1.82) is 0 Å². The lowest BCUT2D eigenvalue weighted by molar-refractivity contribution is 0.106. The number of phosphoric acid groups is 1. The topological polar surface area (TPSA) is 166 Å². The highest BCUT2D eigenvalue weighted by molar-refractivity contribution is 7.46. The van der Waals surface area contributed by atoms with E-state index in [1.54, 1.807) is 13.0 Å². The van der Waals surface area contributed by atoms with Gasteiger partial charge >= 0.3 is 7.82 Å². The van der Waals surface area contributed by atoms with Crippen LogP contribution in [0.1, 0.15) is 32.0 Å². The third kappa shape index (κ3) is 7.30. The molecule has 13 heteroatoms. The van der Waals surface area contributed by atoms with Gasteiger partial charge in [-0.15, -0.1) is 0 Å². The average molecular weight is 509 g/mol. The number of nitrogens with one attached hydrogen (secondary N) is 1. The maximum absolute atomic E-state index is 14.8. The van der Waals surface area contributed by atoms with E-state index in [0.717, 1.165) is 5.69 Å². The molecular formula is C22H29FN5O6P. The number of hydrogen-bond donors (Lipinski definition) is 4. The van der Waals surface area contributed by atoms with Crippen LogP contribution >= 0.6 is 7.82 Å². The van der Waals surface area contributed by atoms with Crippen molar-refractivity contribution in [3.05, 3.63) is 41.3 Å². The Bertz CT molecular complexity index is 1230. The highest BCUT2D eigenvalue weighted by Gasteiger charge is 2.25. The fraction of sp³-hybridized carbons (Fsp3) is 0.409. The first kappa shape index (κ1) is 26.7. The Balaban J connectivity index is 1.77. The van der Waals surface area contributed by atoms with E-state index in [2.05, 4.69) is 25.0 Å². The lowest BCUT2D eigenvalue weighted by atomic mass is 10.1. The predicted molar refractivity (Wildman–Crippen MR) is 127 cm³/mol. The van der Waals surface area contributed by atoms with Crippen LogP contribution in [0.25, 0.3) is 22.8 Å². The van der Waals surface area contributed by atoms with Crippen molar-refractivity contribution < 1.29 is 32.5 Å². The number of halogens is 1. The zero-order chi connectivity index (χ0) is 25.9. The van der Waals surface area contributed by atoms with Crippen LogP contribution in [0.15, 0.2) is 28.8 Å². The molecule has 35 heavy (non-hydrogen) atoms. The Kier molecular flexibility index (Phi) is 8.24. The van der Waals surface area contributed by atoms with E-state index in [0.29, 0.717) is 22.5 Å². The van der Waals surface area contributed by atoms with Gasteiger partial charge < -0.3 is 30.1 Å².